The van der Waals surface area contributed by atoms with E-state index in [1.807, 2.05) is 12.1 Å². The van der Waals surface area contributed by atoms with Crippen molar-refractivity contribution >= 4 is 29.2 Å². The Hall–Kier alpha value is -1.75. The van der Waals surface area contributed by atoms with E-state index >= 15 is 0 Å². The van der Waals surface area contributed by atoms with Crippen LogP contribution >= 0.6 is 11.6 Å². The summed E-state index contributed by atoms with van der Waals surface area (Å²) in [4.78, 5) is 27.1. The molecule has 6 heteroatoms. The Bertz CT molecular complexity index is 504. The summed E-state index contributed by atoms with van der Waals surface area (Å²) in [5.74, 6) is -0.505. The number of carbonyl (C=O) groups is 2. The quantitative estimate of drug-likeness (QED) is 0.777. The maximum Gasteiger partial charge on any atom is 0.330 e. The average molecular weight is 297 g/mol. The van der Waals surface area contributed by atoms with Gasteiger partial charge in [0, 0.05) is 37.3 Å². The molecule has 1 aliphatic heterocycles. The highest BCUT2D eigenvalue weighted by atomic mass is 35.5. The van der Waals surface area contributed by atoms with Crippen LogP contribution in [0.2, 0.25) is 5.02 Å². The van der Waals surface area contributed by atoms with Gasteiger partial charge in [0.15, 0.2) is 0 Å². The first-order valence-electron chi connectivity index (χ1n) is 6.38. The predicted octanol–water partition coefficient (Wildman–Crippen LogP) is 1.55. The molecule has 20 heavy (non-hydrogen) atoms. The summed E-state index contributed by atoms with van der Waals surface area (Å²) >= 11 is 5.87. The van der Waals surface area contributed by atoms with Gasteiger partial charge in [0.25, 0.3) is 0 Å². The van der Waals surface area contributed by atoms with Gasteiger partial charge in [-0.2, -0.15) is 0 Å². The van der Waals surface area contributed by atoms with Gasteiger partial charge in [-0.3, -0.25) is 4.79 Å². The molecule has 0 spiro atoms. The molecule has 108 valence electrons. The van der Waals surface area contributed by atoms with Crippen LogP contribution in [0.15, 0.2) is 24.3 Å². The summed E-state index contributed by atoms with van der Waals surface area (Å²) in [6.07, 6.45) is 0. The summed E-state index contributed by atoms with van der Waals surface area (Å²) in [7, 11) is 1.34. The molecule has 1 heterocycles. The molecule has 1 amide bonds. The van der Waals surface area contributed by atoms with Gasteiger partial charge in [-0.05, 0) is 24.3 Å². The van der Waals surface area contributed by atoms with Gasteiger partial charge in [-0.1, -0.05) is 11.6 Å². The maximum absolute atomic E-state index is 11.8. The van der Waals surface area contributed by atoms with Crippen molar-refractivity contribution in [3.05, 3.63) is 29.3 Å². The Balaban J connectivity index is 2.18. The van der Waals surface area contributed by atoms with Crippen LogP contribution < -0.4 is 4.90 Å². The molecule has 0 N–H and O–H groups in total. The van der Waals surface area contributed by atoms with Gasteiger partial charge in [0.2, 0.25) is 5.91 Å². The second-order valence-electron chi connectivity index (χ2n) is 4.67. The zero-order chi connectivity index (χ0) is 14.7. The molecule has 0 radical (unpaired) electrons. The van der Waals surface area contributed by atoms with Crippen molar-refractivity contribution in [2.75, 3.05) is 31.6 Å². The first-order valence-corrected chi connectivity index (χ1v) is 6.76. The van der Waals surface area contributed by atoms with Crippen LogP contribution in [0.4, 0.5) is 5.69 Å². The van der Waals surface area contributed by atoms with Crippen LogP contribution in [0, 0.1) is 0 Å². The number of amides is 1. The van der Waals surface area contributed by atoms with Crippen molar-refractivity contribution in [1.29, 1.82) is 0 Å². The number of nitrogens with zero attached hydrogens (tertiary/aromatic N) is 2. The van der Waals surface area contributed by atoms with E-state index in [9.17, 15) is 9.59 Å². The van der Waals surface area contributed by atoms with Gasteiger partial charge < -0.3 is 14.5 Å². The molecule has 1 saturated heterocycles. The fraction of sp³-hybridized carbons (Fsp3) is 0.429. The van der Waals surface area contributed by atoms with Crippen LogP contribution in [0.1, 0.15) is 6.92 Å². The highest BCUT2D eigenvalue weighted by Crippen LogP contribution is 2.22. The molecule has 0 aromatic heterocycles. The zero-order valence-corrected chi connectivity index (χ0v) is 12.3. The summed E-state index contributed by atoms with van der Waals surface area (Å²) in [6, 6.07) is 6.85. The van der Waals surface area contributed by atoms with Crippen molar-refractivity contribution in [3.8, 4) is 0 Å². The number of esters is 1. The smallest absolute Gasteiger partial charge is 0.330 e. The molecule has 0 bridgehead atoms. The number of carbonyl (C=O) groups excluding carboxylic acids is 2. The van der Waals surface area contributed by atoms with E-state index in [0.717, 1.165) is 5.69 Å². The molecular formula is C14H17ClN2O3. The van der Waals surface area contributed by atoms with E-state index in [0.29, 0.717) is 24.7 Å². The minimum atomic E-state index is -0.568. The summed E-state index contributed by atoms with van der Waals surface area (Å²) in [5.41, 5.74) is 0.978. The maximum atomic E-state index is 11.8. The summed E-state index contributed by atoms with van der Waals surface area (Å²) in [6.45, 7) is 3.06. The number of hydrogen-bond donors (Lipinski definition) is 0. The van der Waals surface area contributed by atoms with E-state index in [1.165, 1.54) is 14.0 Å². The highest BCUT2D eigenvalue weighted by molar-refractivity contribution is 6.30. The van der Waals surface area contributed by atoms with Crippen LogP contribution in [0.5, 0.6) is 0 Å². The lowest BCUT2D eigenvalue weighted by atomic mass is 10.1. The normalized spacial score (nSPS) is 18.9. The highest BCUT2D eigenvalue weighted by Gasteiger charge is 2.34. The van der Waals surface area contributed by atoms with Crippen LogP contribution in [-0.4, -0.2) is 49.6 Å². The Labute approximate surface area is 123 Å². The zero-order valence-electron chi connectivity index (χ0n) is 11.5. The summed E-state index contributed by atoms with van der Waals surface area (Å²) < 4.78 is 4.79. The van der Waals surface area contributed by atoms with E-state index in [4.69, 9.17) is 16.3 Å². The predicted molar refractivity (Wildman–Crippen MR) is 76.9 cm³/mol. The van der Waals surface area contributed by atoms with Crippen LogP contribution in [-0.2, 0) is 14.3 Å². The second kappa shape index (κ2) is 6.13. The number of benzene rings is 1. The van der Waals surface area contributed by atoms with E-state index in [2.05, 4.69) is 4.90 Å². The van der Waals surface area contributed by atoms with Gasteiger partial charge in [0.05, 0.1) is 7.11 Å². The Morgan fingerprint density at radius 2 is 1.90 bits per heavy atom. The van der Waals surface area contributed by atoms with Gasteiger partial charge in [0.1, 0.15) is 6.04 Å². The van der Waals surface area contributed by atoms with Crippen molar-refractivity contribution in [2.45, 2.75) is 13.0 Å². The molecule has 0 unspecified atom stereocenters. The topological polar surface area (TPSA) is 49.9 Å². The molecular weight excluding hydrogens is 280 g/mol. The number of piperazine rings is 1. The second-order valence-corrected chi connectivity index (χ2v) is 5.11. The number of ether oxygens (including phenoxy) is 1. The Morgan fingerprint density at radius 1 is 1.25 bits per heavy atom. The molecule has 1 aliphatic rings. The minimum Gasteiger partial charge on any atom is -0.467 e. The molecule has 5 nitrogen and oxygen atoms in total. The first-order chi connectivity index (χ1) is 9.52. The molecule has 1 aromatic rings. The Morgan fingerprint density at radius 3 is 2.45 bits per heavy atom. The standard InChI is InChI=1S/C14H17ClN2O3/c1-10(18)17-8-7-16(9-13(17)14(19)20-2)12-5-3-11(15)4-6-12/h3-6,13H,7-9H2,1-2H3/t13-/m0/s1. The third-order valence-corrected chi connectivity index (χ3v) is 3.70. The minimum absolute atomic E-state index is 0.115. The largest absolute Gasteiger partial charge is 0.467 e. The summed E-state index contributed by atoms with van der Waals surface area (Å²) in [5, 5.41) is 0.667. The van der Waals surface area contributed by atoms with Gasteiger partial charge in [-0.15, -0.1) is 0 Å². The van der Waals surface area contributed by atoms with Gasteiger partial charge >= 0.3 is 5.97 Å². The van der Waals surface area contributed by atoms with Crippen LogP contribution in [0.3, 0.4) is 0 Å². The van der Waals surface area contributed by atoms with Crippen molar-refractivity contribution in [1.82, 2.24) is 4.90 Å². The molecule has 0 saturated carbocycles. The molecule has 0 aliphatic carbocycles. The molecule has 1 aromatic carbocycles. The lowest BCUT2D eigenvalue weighted by molar-refractivity contribution is -0.152. The van der Waals surface area contributed by atoms with Crippen LogP contribution in [0.25, 0.3) is 0 Å². The Kier molecular flexibility index (Phi) is 4.49. The lowest BCUT2D eigenvalue weighted by Gasteiger charge is -2.40. The van der Waals surface area contributed by atoms with Crippen molar-refractivity contribution < 1.29 is 14.3 Å². The molecule has 2 rings (SSSR count). The number of hydrogen-bond acceptors (Lipinski definition) is 4. The average Bonchev–Trinajstić information content (AvgIpc) is 2.46. The van der Waals surface area contributed by atoms with Crippen molar-refractivity contribution in [3.63, 3.8) is 0 Å². The number of methoxy groups -OCH3 is 1. The fourth-order valence-corrected chi connectivity index (χ4v) is 2.51. The van der Waals surface area contributed by atoms with E-state index < -0.39 is 6.04 Å². The number of rotatable bonds is 2. The SMILES string of the molecule is COC(=O)[C@@H]1CN(c2ccc(Cl)cc2)CCN1C(C)=O. The first kappa shape index (κ1) is 14.7. The van der Waals surface area contributed by atoms with Crippen molar-refractivity contribution in [2.24, 2.45) is 0 Å². The molecule has 1 atom stereocenters. The fourth-order valence-electron chi connectivity index (χ4n) is 2.38. The number of halogens is 1. The van der Waals surface area contributed by atoms with Gasteiger partial charge in [-0.25, -0.2) is 4.79 Å². The monoisotopic (exact) mass is 296 g/mol. The lowest BCUT2D eigenvalue weighted by Crippen LogP contribution is -2.58. The number of anilines is 1. The third-order valence-electron chi connectivity index (χ3n) is 3.45. The van der Waals surface area contributed by atoms with E-state index in [-0.39, 0.29) is 11.9 Å². The molecule has 1 fully saturated rings. The third kappa shape index (κ3) is 3.04. The van der Waals surface area contributed by atoms with E-state index in [1.54, 1.807) is 17.0 Å².